The van der Waals surface area contributed by atoms with Crippen LogP contribution in [-0.4, -0.2) is 32.1 Å². The van der Waals surface area contributed by atoms with Gasteiger partial charge in [-0.2, -0.15) is 0 Å². The van der Waals surface area contributed by atoms with Crippen LogP contribution in [0.5, 0.6) is 0 Å². The van der Waals surface area contributed by atoms with E-state index in [9.17, 15) is 0 Å². The second kappa shape index (κ2) is 9.35. The van der Waals surface area contributed by atoms with E-state index in [4.69, 9.17) is 0 Å². The third kappa shape index (κ3) is 5.12. The van der Waals surface area contributed by atoms with Crippen LogP contribution in [-0.2, 0) is 0 Å². The summed E-state index contributed by atoms with van der Waals surface area (Å²) in [4.78, 5) is 4.20. The molecule has 1 atom stereocenters. The van der Waals surface area contributed by atoms with E-state index in [1.165, 1.54) is 31.2 Å². The topological polar surface area (TPSA) is 48.5 Å². The van der Waals surface area contributed by atoms with Gasteiger partial charge in [0.2, 0.25) is 0 Å². The minimum absolute atomic E-state index is 0. The molecule has 0 heterocycles. The first-order chi connectivity index (χ1) is 10.2. The zero-order valence-electron chi connectivity index (χ0n) is 13.9. The lowest BCUT2D eigenvalue weighted by Gasteiger charge is -2.34. The van der Waals surface area contributed by atoms with Crippen LogP contribution in [0.1, 0.15) is 44.2 Å². The largest absolute Gasteiger partial charge is 0.359 e. The molecule has 1 fully saturated rings. The number of rotatable bonds is 5. The summed E-state index contributed by atoms with van der Waals surface area (Å²) in [7, 11) is 3.71. The quantitative estimate of drug-likeness (QED) is 0.393. The van der Waals surface area contributed by atoms with Crippen LogP contribution < -0.4 is 16.0 Å². The molecule has 2 rings (SSSR count). The standard InChI is InChI=1S/C17H28N4.HI/c1-14(15-9-5-4-6-10-15)21-17(11-7-8-12-17)13-20-16(18-2)19-3;/h4-6,9-10,14,21H,7-8,11-13H2,1-3H3,(H2,18,19,20);1H. The average Bonchev–Trinajstić information content (AvgIpc) is 2.98. The highest BCUT2D eigenvalue weighted by atomic mass is 127. The smallest absolute Gasteiger partial charge is 0.190 e. The Morgan fingerprint density at radius 2 is 1.86 bits per heavy atom. The Morgan fingerprint density at radius 3 is 2.41 bits per heavy atom. The van der Waals surface area contributed by atoms with Crippen LogP contribution in [0.2, 0.25) is 0 Å². The molecule has 1 aliphatic carbocycles. The van der Waals surface area contributed by atoms with Gasteiger partial charge >= 0.3 is 0 Å². The fourth-order valence-corrected chi connectivity index (χ4v) is 3.24. The van der Waals surface area contributed by atoms with Crippen molar-refractivity contribution in [1.82, 2.24) is 16.0 Å². The Hall–Kier alpha value is -0.820. The second-order valence-electron chi connectivity index (χ2n) is 5.94. The average molecular weight is 416 g/mol. The van der Waals surface area contributed by atoms with Gasteiger partial charge in [0.05, 0.1) is 0 Å². The van der Waals surface area contributed by atoms with E-state index < -0.39 is 0 Å². The van der Waals surface area contributed by atoms with E-state index in [0.717, 1.165) is 12.5 Å². The van der Waals surface area contributed by atoms with E-state index in [-0.39, 0.29) is 29.5 Å². The molecular formula is C17H29IN4. The first kappa shape index (κ1) is 19.2. The van der Waals surface area contributed by atoms with Crippen LogP contribution >= 0.6 is 24.0 Å². The highest BCUT2D eigenvalue weighted by Gasteiger charge is 2.35. The van der Waals surface area contributed by atoms with Crippen LogP contribution in [0.25, 0.3) is 0 Å². The lowest BCUT2D eigenvalue weighted by Crippen LogP contribution is -2.53. The number of hydrogen-bond acceptors (Lipinski definition) is 2. The molecule has 22 heavy (non-hydrogen) atoms. The predicted octanol–water partition coefficient (Wildman–Crippen LogP) is 3.06. The van der Waals surface area contributed by atoms with Gasteiger partial charge in [0.25, 0.3) is 0 Å². The minimum Gasteiger partial charge on any atom is -0.359 e. The van der Waals surface area contributed by atoms with Gasteiger partial charge in [0, 0.05) is 32.2 Å². The molecule has 5 heteroatoms. The Labute approximate surface area is 151 Å². The maximum Gasteiger partial charge on any atom is 0.190 e. The molecule has 0 aliphatic heterocycles. The molecule has 1 aromatic rings. The molecule has 0 bridgehead atoms. The van der Waals surface area contributed by atoms with Crippen LogP contribution in [0.3, 0.4) is 0 Å². The Kier molecular flexibility index (Phi) is 8.17. The molecule has 0 aromatic heterocycles. The molecule has 4 nitrogen and oxygen atoms in total. The van der Waals surface area contributed by atoms with Gasteiger partial charge in [0.1, 0.15) is 0 Å². The number of guanidine groups is 1. The van der Waals surface area contributed by atoms with Crippen molar-refractivity contribution in [2.75, 3.05) is 20.6 Å². The summed E-state index contributed by atoms with van der Waals surface area (Å²) in [6.45, 7) is 3.17. The lowest BCUT2D eigenvalue weighted by atomic mass is 9.94. The number of aliphatic imine (C=N–C) groups is 1. The Morgan fingerprint density at radius 1 is 1.23 bits per heavy atom. The SMILES string of the molecule is CN=C(NC)NCC1(NC(C)c2ccccc2)CCCC1.I. The molecule has 0 saturated heterocycles. The fraction of sp³-hybridized carbons (Fsp3) is 0.588. The first-order valence-electron chi connectivity index (χ1n) is 7.90. The predicted molar refractivity (Wildman–Crippen MR) is 105 cm³/mol. The normalized spacial score (nSPS) is 18.4. The number of nitrogens with zero attached hydrogens (tertiary/aromatic N) is 1. The first-order valence-corrected chi connectivity index (χ1v) is 7.90. The molecule has 1 saturated carbocycles. The zero-order valence-corrected chi connectivity index (χ0v) is 16.2. The number of hydrogen-bond donors (Lipinski definition) is 3. The van der Waals surface area contributed by atoms with Gasteiger partial charge in [0.15, 0.2) is 5.96 Å². The number of benzene rings is 1. The monoisotopic (exact) mass is 416 g/mol. The summed E-state index contributed by atoms with van der Waals surface area (Å²) in [5, 5.41) is 10.4. The summed E-state index contributed by atoms with van der Waals surface area (Å²) in [5.74, 6) is 0.857. The lowest BCUT2D eigenvalue weighted by molar-refractivity contribution is 0.297. The molecule has 124 valence electrons. The van der Waals surface area contributed by atoms with Gasteiger partial charge in [-0.05, 0) is 25.3 Å². The molecule has 1 aliphatic rings. The van der Waals surface area contributed by atoms with E-state index in [2.05, 4.69) is 58.2 Å². The van der Waals surface area contributed by atoms with Crippen molar-refractivity contribution in [3.8, 4) is 0 Å². The Bertz CT molecular complexity index is 455. The van der Waals surface area contributed by atoms with Gasteiger partial charge in [-0.25, -0.2) is 0 Å². The molecular weight excluding hydrogens is 387 g/mol. The van der Waals surface area contributed by atoms with Crippen molar-refractivity contribution < 1.29 is 0 Å². The highest BCUT2D eigenvalue weighted by Crippen LogP contribution is 2.31. The summed E-state index contributed by atoms with van der Waals surface area (Å²) in [6.07, 6.45) is 5.04. The highest BCUT2D eigenvalue weighted by molar-refractivity contribution is 14.0. The minimum atomic E-state index is 0. The van der Waals surface area contributed by atoms with Crippen molar-refractivity contribution in [3.05, 3.63) is 35.9 Å². The van der Waals surface area contributed by atoms with Crippen LogP contribution in [0, 0.1) is 0 Å². The number of halogens is 1. The van der Waals surface area contributed by atoms with Gasteiger partial charge in [-0.15, -0.1) is 24.0 Å². The molecule has 1 aromatic carbocycles. The van der Waals surface area contributed by atoms with E-state index in [1.54, 1.807) is 7.05 Å². The summed E-state index contributed by atoms with van der Waals surface area (Å²) in [5.41, 5.74) is 1.52. The van der Waals surface area contributed by atoms with Crippen molar-refractivity contribution in [3.63, 3.8) is 0 Å². The molecule has 1 unspecified atom stereocenters. The summed E-state index contributed by atoms with van der Waals surface area (Å²) in [6, 6.07) is 11.0. The maximum atomic E-state index is 4.20. The third-order valence-electron chi connectivity index (χ3n) is 4.44. The maximum absolute atomic E-state index is 4.20. The summed E-state index contributed by atoms with van der Waals surface area (Å²) >= 11 is 0. The molecule has 0 amide bonds. The van der Waals surface area contributed by atoms with E-state index in [1.807, 2.05) is 7.05 Å². The third-order valence-corrected chi connectivity index (χ3v) is 4.44. The molecule has 0 radical (unpaired) electrons. The van der Waals surface area contributed by atoms with Crippen molar-refractivity contribution in [1.29, 1.82) is 0 Å². The van der Waals surface area contributed by atoms with E-state index >= 15 is 0 Å². The van der Waals surface area contributed by atoms with Crippen LogP contribution in [0.4, 0.5) is 0 Å². The van der Waals surface area contributed by atoms with Gasteiger partial charge in [-0.3, -0.25) is 4.99 Å². The van der Waals surface area contributed by atoms with Gasteiger partial charge in [-0.1, -0.05) is 43.2 Å². The second-order valence-corrected chi connectivity index (χ2v) is 5.94. The molecule has 0 spiro atoms. The summed E-state index contributed by atoms with van der Waals surface area (Å²) < 4.78 is 0. The van der Waals surface area contributed by atoms with Crippen molar-refractivity contribution in [2.45, 2.75) is 44.2 Å². The van der Waals surface area contributed by atoms with E-state index in [0.29, 0.717) is 6.04 Å². The van der Waals surface area contributed by atoms with Crippen molar-refractivity contribution in [2.24, 2.45) is 4.99 Å². The number of nitrogens with one attached hydrogen (secondary N) is 3. The van der Waals surface area contributed by atoms with Gasteiger partial charge < -0.3 is 16.0 Å². The molecule has 3 N–H and O–H groups in total. The Balaban J connectivity index is 0.00000242. The van der Waals surface area contributed by atoms with Crippen molar-refractivity contribution >= 4 is 29.9 Å². The zero-order chi connectivity index (χ0) is 15.1. The van der Waals surface area contributed by atoms with Crippen LogP contribution in [0.15, 0.2) is 35.3 Å². The fourth-order valence-electron chi connectivity index (χ4n) is 3.24.